The quantitative estimate of drug-likeness (QED) is 0.701. The standard InChI is InChI=1S/C20H21N3O3/c1-15(24)20(16-6-3-2-4-7-16)9-11-23(12-10-20)14-18-21-19(26-22-18)17-8-5-13-25-17/h2-8,13H,9-12,14H2,1H3. The third kappa shape index (κ3) is 3.08. The molecular formula is C20H21N3O3. The summed E-state index contributed by atoms with van der Waals surface area (Å²) in [6.45, 7) is 3.95. The molecule has 0 spiro atoms. The third-order valence-electron chi connectivity index (χ3n) is 5.27. The van der Waals surface area contributed by atoms with Crippen LogP contribution in [0.3, 0.4) is 0 Å². The molecule has 0 amide bonds. The number of piperidine rings is 1. The number of carbonyl (C=O) groups excluding carboxylic acids is 1. The minimum Gasteiger partial charge on any atom is -0.459 e. The molecule has 3 aromatic rings. The van der Waals surface area contributed by atoms with Gasteiger partial charge in [0.05, 0.1) is 18.2 Å². The molecule has 0 aliphatic carbocycles. The number of aromatic nitrogens is 2. The van der Waals surface area contributed by atoms with E-state index >= 15 is 0 Å². The summed E-state index contributed by atoms with van der Waals surface area (Å²) in [4.78, 5) is 19.1. The Labute approximate surface area is 151 Å². The predicted octanol–water partition coefficient (Wildman–Crippen LogP) is 3.45. The second-order valence-electron chi connectivity index (χ2n) is 6.77. The van der Waals surface area contributed by atoms with Crippen molar-refractivity contribution >= 4 is 5.78 Å². The van der Waals surface area contributed by atoms with Gasteiger partial charge in [-0.1, -0.05) is 35.5 Å². The second kappa shape index (κ2) is 6.88. The largest absolute Gasteiger partial charge is 0.459 e. The molecule has 0 unspecified atom stereocenters. The first-order valence-corrected chi connectivity index (χ1v) is 8.83. The van der Waals surface area contributed by atoms with Crippen LogP contribution in [-0.4, -0.2) is 33.9 Å². The third-order valence-corrected chi connectivity index (χ3v) is 5.27. The minimum absolute atomic E-state index is 0.239. The highest BCUT2D eigenvalue weighted by Crippen LogP contribution is 2.36. The highest BCUT2D eigenvalue weighted by Gasteiger charge is 2.40. The Hall–Kier alpha value is -2.73. The van der Waals surface area contributed by atoms with E-state index in [2.05, 4.69) is 27.2 Å². The van der Waals surface area contributed by atoms with Crippen LogP contribution in [-0.2, 0) is 16.8 Å². The molecule has 6 heteroatoms. The highest BCUT2D eigenvalue weighted by molar-refractivity contribution is 5.88. The zero-order valence-corrected chi connectivity index (χ0v) is 14.7. The van der Waals surface area contributed by atoms with Gasteiger partial charge in [0.15, 0.2) is 11.6 Å². The van der Waals surface area contributed by atoms with Crippen molar-refractivity contribution in [1.82, 2.24) is 15.0 Å². The maximum Gasteiger partial charge on any atom is 0.293 e. The molecule has 2 aromatic heterocycles. The molecule has 1 saturated heterocycles. The van der Waals surface area contributed by atoms with E-state index in [0.29, 0.717) is 24.0 Å². The summed E-state index contributed by atoms with van der Waals surface area (Å²) < 4.78 is 10.5. The summed E-state index contributed by atoms with van der Waals surface area (Å²) in [7, 11) is 0. The summed E-state index contributed by atoms with van der Waals surface area (Å²) >= 11 is 0. The number of carbonyl (C=O) groups is 1. The van der Waals surface area contributed by atoms with Crippen molar-refractivity contribution in [3.8, 4) is 11.7 Å². The first kappa shape index (κ1) is 16.7. The molecule has 0 atom stereocenters. The summed E-state index contributed by atoms with van der Waals surface area (Å²) in [6.07, 6.45) is 3.18. The SMILES string of the molecule is CC(=O)C1(c2ccccc2)CCN(Cc2noc(-c3ccco3)n2)CC1. The monoisotopic (exact) mass is 351 g/mol. The number of hydrogen-bond donors (Lipinski definition) is 0. The molecule has 6 nitrogen and oxygen atoms in total. The number of benzene rings is 1. The fourth-order valence-electron chi connectivity index (χ4n) is 3.71. The van der Waals surface area contributed by atoms with Gasteiger partial charge in [-0.25, -0.2) is 0 Å². The van der Waals surface area contributed by atoms with Gasteiger partial charge in [0.1, 0.15) is 5.78 Å². The molecular weight excluding hydrogens is 330 g/mol. The lowest BCUT2D eigenvalue weighted by molar-refractivity contribution is -0.124. The van der Waals surface area contributed by atoms with E-state index in [1.165, 1.54) is 0 Å². The Bertz CT molecular complexity index is 863. The van der Waals surface area contributed by atoms with Gasteiger partial charge >= 0.3 is 0 Å². The summed E-state index contributed by atoms with van der Waals surface area (Å²) in [5.41, 5.74) is 0.737. The maximum absolute atomic E-state index is 12.5. The molecule has 4 rings (SSSR count). The predicted molar refractivity (Wildman–Crippen MR) is 95.3 cm³/mol. The maximum atomic E-state index is 12.5. The lowest BCUT2D eigenvalue weighted by Gasteiger charge is -2.40. The Morgan fingerprint density at radius 1 is 1.15 bits per heavy atom. The van der Waals surface area contributed by atoms with Gasteiger partial charge < -0.3 is 8.94 Å². The molecule has 134 valence electrons. The number of Topliss-reactive ketones (excluding diaryl/α,β-unsaturated/α-hetero) is 1. The van der Waals surface area contributed by atoms with Gasteiger partial charge in [0.25, 0.3) is 5.89 Å². The first-order valence-electron chi connectivity index (χ1n) is 8.83. The second-order valence-corrected chi connectivity index (χ2v) is 6.77. The van der Waals surface area contributed by atoms with E-state index in [9.17, 15) is 4.79 Å². The van der Waals surface area contributed by atoms with E-state index in [4.69, 9.17) is 8.94 Å². The normalized spacial score (nSPS) is 17.3. The Morgan fingerprint density at radius 3 is 2.58 bits per heavy atom. The Kier molecular flexibility index (Phi) is 4.42. The van der Waals surface area contributed by atoms with E-state index in [1.54, 1.807) is 25.3 Å². The van der Waals surface area contributed by atoms with E-state index < -0.39 is 0 Å². The van der Waals surface area contributed by atoms with Crippen LogP contribution < -0.4 is 0 Å². The summed E-state index contributed by atoms with van der Waals surface area (Å²) in [6, 6.07) is 13.7. The molecule has 1 aromatic carbocycles. The molecule has 0 bridgehead atoms. The van der Waals surface area contributed by atoms with Crippen LogP contribution in [0, 0.1) is 0 Å². The molecule has 0 N–H and O–H groups in total. The fraction of sp³-hybridized carbons (Fsp3) is 0.350. The van der Waals surface area contributed by atoms with Crippen LogP contribution in [0.15, 0.2) is 57.7 Å². The number of hydrogen-bond acceptors (Lipinski definition) is 6. The minimum atomic E-state index is -0.381. The van der Waals surface area contributed by atoms with Gasteiger partial charge in [-0.2, -0.15) is 4.98 Å². The van der Waals surface area contributed by atoms with Gasteiger partial charge in [0, 0.05) is 0 Å². The van der Waals surface area contributed by atoms with E-state index in [0.717, 1.165) is 31.5 Å². The van der Waals surface area contributed by atoms with Crippen LogP contribution in [0.5, 0.6) is 0 Å². The average Bonchev–Trinajstić information content (AvgIpc) is 3.34. The molecule has 3 heterocycles. The zero-order valence-electron chi connectivity index (χ0n) is 14.7. The number of likely N-dealkylation sites (tertiary alicyclic amines) is 1. The highest BCUT2D eigenvalue weighted by atomic mass is 16.5. The lowest BCUT2D eigenvalue weighted by atomic mass is 9.70. The smallest absolute Gasteiger partial charge is 0.293 e. The van der Waals surface area contributed by atoms with Crippen LogP contribution in [0.1, 0.15) is 31.2 Å². The van der Waals surface area contributed by atoms with Crippen molar-refractivity contribution in [3.63, 3.8) is 0 Å². The van der Waals surface area contributed by atoms with Crippen molar-refractivity contribution in [3.05, 3.63) is 60.1 Å². The number of nitrogens with zero attached hydrogens (tertiary/aromatic N) is 3. The van der Waals surface area contributed by atoms with Gasteiger partial charge in [-0.15, -0.1) is 0 Å². The first-order chi connectivity index (χ1) is 12.7. The molecule has 26 heavy (non-hydrogen) atoms. The van der Waals surface area contributed by atoms with Crippen molar-refractivity contribution in [2.45, 2.75) is 31.7 Å². The van der Waals surface area contributed by atoms with E-state index in [-0.39, 0.29) is 11.2 Å². The number of furan rings is 1. The zero-order chi connectivity index (χ0) is 18.0. The fourth-order valence-corrected chi connectivity index (χ4v) is 3.71. The summed E-state index contributed by atoms with van der Waals surface area (Å²) in [5.74, 6) is 1.83. The Balaban J connectivity index is 1.44. The molecule has 0 saturated carbocycles. The van der Waals surface area contributed by atoms with Gasteiger partial charge in [0.2, 0.25) is 0 Å². The molecule has 0 radical (unpaired) electrons. The summed E-state index contributed by atoms with van der Waals surface area (Å²) in [5, 5.41) is 4.04. The van der Waals surface area contributed by atoms with Gasteiger partial charge in [-0.05, 0) is 50.6 Å². The molecule has 1 aliphatic heterocycles. The van der Waals surface area contributed by atoms with Crippen LogP contribution in [0.4, 0.5) is 0 Å². The van der Waals surface area contributed by atoms with Crippen molar-refractivity contribution in [1.29, 1.82) is 0 Å². The topological polar surface area (TPSA) is 72.4 Å². The van der Waals surface area contributed by atoms with Crippen LogP contribution in [0.2, 0.25) is 0 Å². The van der Waals surface area contributed by atoms with Crippen LogP contribution >= 0.6 is 0 Å². The number of rotatable bonds is 5. The molecule has 1 aliphatic rings. The average molecular weight is 351 g/mol. The Morgan fingerprint density at radius 2 is 1.92 bits per heavy atom. The number of ketones is 1. The van der Waals surface area contributed by atoms with Crippen LogP contribution in [0.25, 0.3) is 11.7 Å². The van der Waals surface area contributed by atoms with Crippen molar-refractivity contribution in [2.24, 2.45) is 0 Å². The van der Waals surface area contributed by atoms with Crippen molar-refractivity contribution in [2.75, 3.05) is 13.1 Å². The lowest BCUT2D eigenvalue weighted by Crippen LogP contribution is -2.46. The van der Waals surface area contributed by atoms with E-state index in [1.807, 2.05) is 18.2 Å². The molecule has 1 fully saturated rings. The van der Waals surface area contributed by atoms with Crippen molar-refractivity contribution < 1.29 is 13.7 Å². The van der Waals surface area contributed by atoms with Gasteiger partial charge in [-0.3, -0.25) is 9.69 Å².